The summed E-state index contributed by atoms with van der Waals surface area (Å²) >= 11 is 5.99. The smallest absolute Gasteiger partial charge is 0.242 e. The van der Waals surface area contributed by atoms with Crippen molar-refractivity contribution in [2.75, 3.05) is 5.73 Å². The van der Waals surface area contributed by atoms with Crippen LogP contribution in [-0.2, 0) is 10.0 Å². The topological polar surface area (TPSA) is 72.2 Å². The van der Waals surface area contributed by atoms with Crippen LogP contribution in [0.4, 0.5) is 5.69 Å². The van der Waals surface area contributed by atoms with Crippen molar-refractivity contribution in [3.05, 3.63) is 22.7 Å². The van der Waals surface area contributed by atoms with Crippen molar-refractivity contribution in [3.8, 4) is 0 Å². The van der Waals surface area contributed by atoms with Gasteiger partial charge < -0.3 is 5.73 Å². The molecule has 1 atom stereocenters. The van der Waals surface area contributed by atoms with Gasteiger partial charge >= 0.3 is 0 Å². The average molecular weight is 289 g/mol. The molecule has 1 unspecified atom stereocenters. The molecule has 100 valence electrons. The highest BCUT2D eigenvalue weighted by Gasteiger charge is 2.48. The van der Waals surface area contributed by atoms with Crippen LogP contribution < -0.4 is 10.5 Å². The molecule has 2 rings (SSSR count). The lowest BCUT2D eigenvalue weighted by Gasteiger charge is -2.11. The molecule has 3 N–H and O–H groups in total. The second kappa shape index (κ2) is 4.11. The van der Waals surface area contributed by atoms with E-state index < -0.39 is 10.0 Å². The SMILES string of the molecule is Cc1cc(Cl)c(S(=O)(=O)NC2CC2(C)C)cc1N. The normalized spacial score (nSPS) is 21.9. The van der Waals surface area contributed by atoms with Crippen LogP contribution in [0.3, 0.4) is 0 Å². The third kappa shape index (κ3) is 2.48. The van der Waals surface area contributed by atoms with Crippen LogP contribution in [0.15, 0.2) is 17.0 Å². The van der Waals surface area contributed by atoms with Crippen LogP contribution in [0.25, 0.3) is 0 Å². The molecule has 1 aromatic rings. The van der Waals surface area contributed by atoms with Gasteiger partial charge in [0.2, 0.25) is 10.0 Å². The summed E-state index contributed by atoms with van der Waals surface area (Å²) in [7, 11) is -3.60. The number of benzene rings is 1. The third-order valence-electron chi connectivity index (χ3n) is 3.42. The summed E-state index contributed by atoms with van der Waals surface area (Å²) in [6.45, 7) is 5.83. The summed E-state index contributed by atoms with van der Waals surface area (Å²) < 4.78 is 27.1. The van der Waals surface area contributed by atoms with Crippen molar-refractivity contribution < 1.29 is 8.42 Å². The minimum absolute atomic E-state index is 0.0236. The molecule has 0 heterocycles. The summed E-state index contributed by atoms with van der Waals surface area (Å²) in [5, 5.41) is 0.202. The summed E-state index contributed by atoms with van der Waals surface area (Å²) in [6.07, 6.45) is 0.838. The Hall–Kier alpha value is -0.780. The molecule has 1 aromatic carbocycles. The average Bonchev–Trinajstić information content (AvgIpc) is 2.78. The first-order valence-electron chi connectivity index (χ1n) is 5.71. The van der Waals surface area contributed by atoms with E-state index in [0.717, 1.165) is 12.0 Å². The van der Waals surface area contributed by atoms with E-state index in [-0.39, 0.29) is 21.4 Å². The van der Waals surface area contributed by atoms with Crippen molar-refractivity contribution in [1.82, 2.24) is 4.72 Å². The monoisotopic (exact) mass is 288 g/mol. The van der Waals surface area contributed by atoms with Crippen LogP contribution in [0, 0.1) is 12.3 Å². The van der Waals surface area contributed by atoms with Gasteiger partial charge in [-0.25, -0.2) is 13.1 Å². The molecule has 0 spiro atoms. The van der Waals surface area contributed by atoms with Gasteiger partial charge in [-0.15, -0.1) is 0 Å². The molecule has 0 aliphatic heterocycles. The number of anilines is 1. The molecule has 1 fully saturated rings. The molecular formula is C12H17ClN2O2S. The Morgan fingerprint density at radius 1 is 1.44 bits per heavy atom. The highest BCUT2D eigenvalue weighted by molar-refractivity contribution is 7.89. The van der Waals surface area contributed by atoms with Crippen LogP contribution >= 0.6 is 11.6 Å². The highest BCUT2D eigenvalue weighted by Crippen LogP contribution is 2.45. The minimum Gasteiger partial charge on any atom is -0.398 e. The Morgan fingerprint density at radius 2 is 2.00 bits per heavy atom. The van der Waals surface area contributed by atoms with Gasteiger partial charge in [-0.1, -0.05) is 25.4 Å². The third-order valence-corrected chi connectivity index (χ3v) is 5.36. The van der Waals surface area contributed by atoms with Gasteiger partial charge in [-0.05, 0) is 36.5 Å². The Kier molecular flexibility index (Phi) is 3.12. The van der Waals surface area contributed by atoms with Crippen LogP contribution in [0.2, 0.25) is 5.02 Å². The Morgan fingerprint density at radius 3 is 2.50 bits per heavy atom. The Labute approximate surface area is 113 Å². The minimum atomic E-state index is -3.60. The fraction of sp³-hybridized carbons (Fsp3) is 0.500. The number of halogens is 1. The number of nitrogens with two attached hydrogens (primary N) is 1. The number of sulfonamides is 1. The van der Waals surface area contributed by atoms with Gasteiger partial charge in [0.15, 0.2) is 0 Å². The zero-order chi connectivity index (χ0) is 13.7. The quantitative estimate of drug-likeness (QED) is 0.838. The molecule has 1 aliphatic rings. The van der Waals surface area contributed by atoms with Crippen molar-refractivity contribution in [3.63, 3.8) is 0 Å². The standard InChI is InChI=1S/C12H17ClN2O2S/c1-7-4-8(13)10(5-9(7)14)18(16,17)15-11-6-12(11,2)3/h4-5,11,15H,6,14H2,1-3H3. The first kappa shape index (κ1) is 13.6. The summed E-state index contributed by atoms with van der Waals surface area (Å²) in [5.74, 6) is 0. The number of nitrogens with one attached hydrogen (secondary N) is 1. The van der Waals surface area contributed by atoms with Crippen LogP contribution in [0.1, 0.15) is 25.8 Å². The maximum Gasteiger partial charge on any atom is 0.242 e. The molecule has 0 bridgehead atoms. The number of rotatable bonds is 3. The van der Waals surface area contributed by atoms with Crippen molar-refractivity contribution >= 4 is 27.3 Å². The molecule has 1 aliphatic carbocycles. The molecule has 0 amide bonds. The van der Waals surface area contributed by atoms with E-state index in [1.54, 1.807) is 13.0 Å². The maximum absolute atomic E-state index is 12.2. The molecule has 4 nitrogen and oxygen atoms in total. The number of hydrogen-bond acceptors (Lipinski definition) is 3. The van der Waals surface area contributed by atoms with E-state index in [1.807, 2.05) is 13.8 Å². The first-order chi connectivity index (χ1) is 8.13. The van der Waals surface area contributed by atoms with E-state index >= 15 is 0 Å². The largest absolute Gasteiger partial charge is 0.398 e. The molecular weight excluding hydrogens is 272 g/mol. The van der Waals surface area contributed by atoms with Gasteiger partial charge in [0.05, 0.1) is 5.02 Å². The summed E-state index contributed by atoms with van der Waals surface area (Å²) in [6, 6.07) is 2.96. The lowest BCUT2D eigenvalue weighted by Crippen LogP contribution is -2.28. The van der Waals surface area contributed by atoms with Gasteiger partial charge in [0, 0.05) is 11.7 Å². The summed E-state index contributed by atoms with van der Waals surface area (Å²) in [5.41, 5.74) is 6.95. The van der Waals surface area contributed by atoms with Crippen molar-refractivity contribution in [1.29, 1.82) is 0 Å². The second-order valence-electron chi connectivity index (χ2n) is 5.51. The molecule has 1 saturated carbocycles. The van der Waals surface area contributed by atoms with Crippen molar-refractivity contribution in [2.24, 2.45) is 5.41 Å². The molecule has 0 aromatic heterocycles. The zero-order valence-electron chi connectivity index (χ0n) is 10.6. The predicted octanol–water partition coefficient (Wildman–Crippen LogP) is 2.31. The fourth-order valence-corrected chi connectivity index (χ4v) is 3.82. The van der Waals surface area contributed by atoms with E-state index in [2.05, 4.69) is 4.72 Å². The molecule has 18 heavy (non-hydrogen) atoms. The van der Waals surface area contributed by atoms with E-state index in [4.69, 9.17) is 17.3 Å². The number of hydrogen-bond donors (Lipinski definition) is 2. The van der Waals surface area contributed by atoms with Gasteiger partial charge in [-0.3, -0.25) is 0 Å². The van der Waals surface area contributed by atoms with E-state index in [1.165, 1.54) is 6.07 Å². The summed E-state index contributed by atoms with van der Waals surface area (Å²) in [4.78, 5) is 0.0509. The van der Waals surface area contributed by atoms with E-state index in [9.17, 15) is 8.42 Å². The van der Waals surface area contributed by atoms with Gasteiger partial charge in [-0.2, -0.15) is 0 Å². The van der Waals surface area contributed by atoms with Gasteiger partial charge in [0.25, 0.3) is 0 Å². The lowest BCUT2D eigenvalue weighted by molar-refractivity contribution is 0.555. The maximum atomic E-state index is 12.2. The molecule has 0 saturated heterocycles. The highest BCUT2D eigenvalue weighted by atomic mass is 35.5. The fourth-order valence-electron chi connectivity index (χ4n) is 1.79. The zero-order valence-corrected chi connectivity index (χ0v) is 12.2. The second-order valence-corrected chi connectivity index (χ2v) is 7.60. The van der Waals surface area contributed by atoms with E-state index in [0.29, 0.717) is 5.69 Å². The number of aryl methyl sites for hydroxylation is 1. The predicted molar refractivity (Wildman–Crippen MR) is 73.1 cm³/mol. The van der Waals surface area contributed by atoms with Crippen molar-refractivity contribution in [2.45, 2.75) is 38.1 Å². The lowest BCUT2D eigenvalue weighted by atomic mass is 10.2. The molecule has 6 heteroatoms. The number of nitrogen functional groups attached to an aromatic ring is 1. The first-order valence-corrected chi connectivity index (χ1v) is 7.57. The van der Waals surface area contributed by atoms with Crippen LogP contribution in [-0.4, -0.2) is 14.5 Å². The van der Waals surface area contributed by atoms with Crippen LogP contribution in [0.5, 0.6) is 0 Å². The Balaban J connectivity index is 2.33. The molecule has 0 radical (unpaired) electrons. The Bertz CT molecular complexity index is 596. The van der Waals surface area contributed by atoms with Gasteiger partial charge in [0.1, 0.15) is 4.90 Å².